The number of aliphatic carboxylic acids is 2. The van der Waals surface area contributed by atoms with Gasteiger partial charge in [-0.3, -0.25) is 19.6 Å². The number of rotatable bonds is 3. The number of nitrogens with zero attached hydrogens (tertiary/aromatic N) is 2. The van der Waals surface area contributed by atoms with E-state index in [2.05, 4.69) is 9.98 Å². The lowest BCUT2D eigenvalue weighted by Gasteiger charge is -2.31. The van der Waals surface area contributed by atoms with E-state index in [0.717, 1.165) is 0 Å². The average molecular weight is 274 g/mol. The van der Waals surface area contributed by atoms with E-state index in [1.165, 1.54) is 18.3 Å². The maximum Gasteiger partial charge on any atom is 0.331 e. The molecule has 1 aromatic rings. The van der Waals surface area contributed by atoms with E-state index in [9.17, 15) is 19.8 Å². The van der Waals surface area contributed by atoms with E-state index < -0.39 is 22.9 Å². The van der Waals surface area contributed by atoms with Gasteiger partial charge in [-0.05, 0) is 26.0 Å². The Hall–Kier alpha value is -2.50. The van der Waals surface area contributed by atoms with Crippen LogP contribution in [0.2, 0.25) is 0 Å². The van der Waals surface area contributed by atoms with Gasteiger partial charge in [0.15, 0.2) is 0 Å². The third-order valence-electron chi connectivity index (χ3n) is 3.10. The van der Waals surface area contributed by atoms with Gasteiger partial charge in [0, 0.05) is 6.20 Å². The van der Waals surface area contributed by atoms with Crippen molar-refractivity contribution in [2.45, 2.75) is 19.4 Å². The Morgan fingerprint density at radius 2 is 1.75 bits per heavy atom. The standard InChI is InChI=1S/C14H14N2O4/c1-13(2)6-7-14(11(17)18,12(19)20)10(16-13)9-5-3-4-8-15-9/h3-8H,1-2H3,(H,17,18)(H,19,20). The van der Waals surface area contributed by atoms with Crippen molar-refractivity contribution < 1.29 is 19.8 Å². The molecule has 2 rings (SSSR count). The second-order valence-corrected chi connectivity index (χ2v) is 5.08. The highest BCUT2D eigenvalue weighted by molar-refractivity contribution is 6.28. The molecule has 0 fully saturated rings. The predicted octanol–water partition coefficient (Wildman–Crippen LogP) is 1.37. The predicted molar refractivity (Wildman–Crippen MR) is 71.7 cm³/mol. The van der Waals surface area contributed by atoms with E-state index in [0.29, 0.717) is 0 Å². The first-order valence-electron chi connectivity index (χ1n) is 5.98. The van der Waals surface area contributed by atoms with Gasteiger partial charge in [-0.2, -0.15) is 0 Å². The molecule has 0 saturated heterocycles. The van der Waals surface area contributed by atoms with Crippen LogP contribution in [0.5, 0.6) is 0 Å². The van der Waals surface area contributed by atoms with Crippen molar-refractivity contribution in [1.29, 1.82) is 0 Å². The van der Waals surface area contributed by atoms with E-state index in [4.69, 9.17) is 0 Å². The number of carboxylic acids is 2. The number of hydrogen-bond acceptors (Lipinski definition) is 4. The highest BCUT2D eigenvalue weighted by Crippen LogP contribution is 2.34. The summed E-state index contributed by atoms with van der Waals surface area (Å²) >= 11 is 0. The molecule has 104 valence electrons. The highest BCUT2D eigenvalue weighted by atomic mass is 16.4. The molecule has 0 spiro atoms. The fraction of sp³-hybridized carbons (Fsp3) is 0.286. The molecule has 6 nitrogen and oxygen atoms in total. The first-order chi connectivity index (χ1) is 9.29. The minimum absolute atomic E-state index is 0.0643. The molecule has 0 atom stereocenters. The summed E-state index contributed by atoms with van der Waals surface area (Å²) in [4.78, 5) is 31.5. The van der Waals surface area contributed by atoms with Crippen LogP contribution in [0, 0.1) is 5.41 Å². The number of carboxylic acid groups (broad SMARTS) is 2. The molecular formula is C14H14N2O4. The summed E-state index contributed by atoms with van der Waals surface area (Å²) in [5.74, 6) is -2.97. The van der Waals surface area contributed by atoms with Crippen LogP contribution < -0.4 is 0 Å². The van der Waals surface area contributed by atoms with Crippen molar-refractivity contribution in [3.63, 3.8) is 0 Å². The van der Waals surface area contributed by atoms with Gasteiger partial charge in [-0.1, -0.05) is 18.2 Å². The smallest absolute Gasteiger partial charge is 0.331 e. The van der Waals surface area contributed by atoms with Gasteiger partial charge in [-0.25, -0.2) is 0 Å². The third-order valence-corrected chi connectivity index (χ3v) is 3.10. The van der Waals surface area contributed by atoms with Crippen LogP contribution >= 0.6 is 0 Å². The van der Waals surface area contributed by atoms with Gasteiger partial charge in [0.1, 0.15) is 0 Å². The van der Waals surface area contributed by atoms with Crippen LogP contribution in [0.15, 0.2) is 41.5 Å². The van der Waals surface area contributed by atoms with Crippen LogP contribution in [0.4, 0.5) is 0 Å². The minimum Gasteiger partial charge on any atom is -0.480 e. The Morgan fingerprint density at radius 1 is 1.10 bits per heavy atom. The minimum atomic E-state index is -2.20. The molecule has 1 aromatic heterocycles. The molecule has 1 aliphatic rings. The topological polar surface area (TPSA) is 99.8 Å². The fourth-order valence-corrected chi connectivity index (χ4v) is 2.02. The first kappa shape index (κ1) is 13.9. The van der Waals surface area contributed by atoms with Crippen LogP contribution in [-0.2, 0) is 9.59 Å². The third kappa shape index (κ3) is 2.09. The highest BCUT2D eigenvalue weighted by Gasteiger charge is 2.52. The van der Waals surface area contributed by atoms with Crippen LogP contribution in [0.1, 0.15) is 19.5 Å². The summed E-state index contributed by atoms with van der Waals surface area (Å²) in [7, 11) is 0. The average Bonchev–Trinajstić information content (AvgIpc) is 2.38. The lowest BCUT2D eigenvalue weighted by atomic mass is 9.76. The summed E-state index contributed by atoms with van der Waals surface area (Å²) in [6.45, 7) is 3.53. The maximum atomic E-state index is 11.6. The van der Waals surface area contributed by atoms with Gasteiger partial charge in [0.05, 0.1) is 16.9 Å². The molecule has 6 heteroatoms. The van der Waals surface area contributed by atoms with Crippen molar-refractivity contribution in [3.8, 4) is 0 Å². The molecule has 0 unspecified atom stereocenters. The van der Waals surface area contributed by atoms with E-state index in [1.54, 1.807) is 32.0 Å². The first-order valence-corrected chi connectivity index (χ1v) is 5.98. The SMILES string of the molecule is CC1(C)C=CC(C(=O)O)(C(=O)O)C(c2ccccn2)=N1. The summed E-state index contributed by atoms with van der Waals surface area (Å²) in [6.07, 6.45) is 4.13. The van der Waals surface area contributed by atoms with Gasteiger partial charge in [0.25, 0.3) is 0 Å². The fourth-order valence-electron chi connectivity index (χ4n) is 2.02. The lowest BCUT2D eigenvalue weighted by molar-refractivity contribution is -0.155. The van der Waals surface area contributed by atoms with E-state index in [1.807, 2.05) is 0 Å². The van der Waals surface area contributed by atoms with Crippen molar-refractivity contribution in [3.05, 3.63) is 42.2 Å². The molecular weight excluding hydrogens is 260 g/mol. The van der Waals surface area contributed by atoms with Crippen molar-refractivity contribution >= 4 is 17.7 Å². The molecule has 2 heterocycles. The largest absolute Gasteiger partial charge is 0.480 e. The molecule has 0 aliphatic carbocycles. The Morgan fingerprint density at radius 3 is 2.25 bits per heavy atom. The van der Waals surface area contributed by atoms with Crippen LogP contribution in [0.3, 0.4) is 0 Å². The number of aliphatic imine (C=N–C) groups is 1. The zero-order valence-corrected chi connectivity index (χ0v) is 11.1. The number of carbonyl (C=O) groups is 2. The van der Waals surface area contributed by atoms with Crippen LogP contribution in [0.25, 0.3) is 0 Å². The molecule has 1 aliphatic heterocycles. The zero-order chi connectivity index (χ0) is 15.0. The quantitative estimate of drug-likeness (QED) is 0.640. The number of aromatic nitrogens is 1. The van der Waals surface area contributed by atoms with Crippen molar-refractivity contribution in [2.24, 2.45) is 10.4 Å². The Balaban J connectivity index is 2.71. The molecule has 0 bridgehead atoms. The summed E-state index contributed by atoms with van der Waals surface area (Å²) in [5, 5.41) is 18.8. The second kappa shape index (κ2) is 4.56. The number of pyridine rings is 1. The normalized spacial score (nSPS) is 19.2. The molecule has 0 aromatic carbocycles. The molecule has 0 amide bonds. The van der Waals surface area contributed by atoms with E-state index in [-0.39, 0.29) is 11.4 Å². The lowest BCUT2D eigenvalue weighted by Crippen LogP contribution is -2.48. The Kier molecular flexibility index (Phi) is 3.17. The molecule has 2 N–H and O–H groups in total. The Labute approximate surface area is 115 Å². The van der Waals surface area contributed by atoms with Gasteiger partial charge in [-0.15, -0.1) is 0 Å². The van der Waals surface area contributed by atoms with Gasteiger partial charge >= 0.3 is 11.9 Å². The number of dihydropyridines is 1. The molecule has 0 saturated carbocycles. The Bertz CT molecular complexity index is 603. The van der Waals surface area contributed by atoms with Gasteiger partial charge < -0.3 is 10.2 Å². The second-order valence-electron chi connectivity index (χ2n) is 5.08. The van der Waals surface area contributed by atoms with Gasteiger partial charge in [0.2, 0.25) is 5.41 Å². The zero-order valence-electron chi connectivity index (χ0n) is 11.1. The number of hydrogen-bond donors (Lipinski definition) is 2. The van der Waals surface area contributed by atoms with Crippen molar-refractivity contribution in [1.82, 2.24) is 4.98 Å². The summed E-state index contributed by atoms with van der Waals surface area (Å²) in [6, 6.07) is 4.87. The van der Waals surface area contributed by atoms with Crippen molar-refractivity contribution in [2.75, 3.05) is 0 Å². The molecule has 0 radical (unpaired) electrons. The maximum absolute atomic E-state index is 11.6. The molecule has 20 heavy (non-hydrogen) atoms. The summed E-state index contributed by atoms with van der Waals surface area (Å²) in [5.41, 5.74) is -2.70. The summed E-state index contributed by atoms with van der Waals surface area (Å²) < 4.78 is 0. The monoisotopic (exact) mass is 274 g/mol. The van der Waals surface area contributed by atoms with E-state index >= 15 is 0 Å². The van der Waals surface area contributed by atoms with Crippen LogP contribution in [-0.4, -0.2) is 38.4 Å².